The highest BCUT2D eigenvalue weighted by atomic mass is 31.2. The van der Waals surface area contributed by atoms with Crippen molar-refractivity contribution in [1.82, 2.24) is 0 Å². The highest BCUT2D eigenvalue weighted by Gasteiger charge is 2.46. The van der Waals surface area contributed by atoms with E-state index in [0.29, 0.717) is 12.7 Å². The van der Waals surface area contributed by atoms with Gasteiger partial charge in [-0.2, -0.15) is 0 Å². The fourth-order valence-corrected chi connectivity index (χ4v) is 3.66. The van der Waals surface area contributed by atoms with Gasteiger partial charge >= 0.3 is 0 Å². The van der Waals surface area contributed by atoms with Gasteiger partial charge in [0.25, 0.3) is 7.52 Å². The average Bonchev–Trinajstić information content (AvgIpc) is 2.15. The van der Waals surface area contributed by atoms with Gasteiger partial charge in [-0.05, 0) is 27.2 Å². The van der Waals surface area contributed by atoms with Crippen LogP contribution in [0.3, 0.4) is 0 Å². The highest BCUT2D eigenvalue weighted by Crippen LogP contribution is 2.56. The summed E-state index contributed by atoms with van der Waals surface area (Å²) in [6.07, 6.45) is 4.63. The largest absolute Gasteiger partial charge is 0.317 e. The van der Waals surface area contributed by atoms with Gasteiger partial charge in [-0.25, -0.2) is 0 Å². The number of carbonyl (C=O) groups excluding carboxylic acids is 1. The van der Waals surface area contributed by atoms with Crippen molar-refractivity contribution in [2.75, 3.05) is 6.61 Å². The Hall–Kier alpha value is -0.700. The fourth-order valence-electron chi connectivity index (χ4n) is 2.03. The molecule has 2 atom stereocenters. The molecule has 2 N–H and O–H groups in total. The van der Waals surface area contributed by atoms with E-state index < -0.39 is 12.7 Å². The van der Waals surface area contributed by atoms with E-state index in [1.807, 2.05) is 19.9 Å². The zero-order valence-corrected chi connectivity index (χ0v) is 10.8. The van der Waals surface area contributed by atoms with Gasteiger partial charge in [-0.1, -0.05) is 23.3 Å². The molecule has 90 valence electrons. The molecule has 5 heteroatoms. The first kappa shape index (κ1) is 13.4. The highest BCUT2D eigenvalue weighted by molar-refractivity contribution is 7.59. The van der Waals surface area contributed by atoms with Crippen molar-refractivity contribution in [2.24, 2.45) is 5.50 Å². The molecule has 0 aliphatic heterocycles. The first-order valence-electron chi connectivity index (χ1n) is 5.23. The molecular formula is C11H18NO3P. The summed E-state index contributed by atoms with van der Waals surface area (Å²) in [7, 11) is -3.46. The second-order valence-corrected chi connectivity index (χ2v) is 6.46. The molecule has 0 fully saturated rings. The molecule has 0 bridgehead atoms. The first-order valence-corrected chi connectivity index (χ1v) is 6.92. The third-order valence-electron chi connectivity index (χ3n) is 2.62. The van der Waals surface area contributed by atoms with Crippen molar-refractivity contribution in [1.29, 1.82) is 0 Å². The number of nitrogens with two attached hydrogens (primary N) is 1. The van der Waals surface area contributed by atoms with Crippen molar-refractivity contribution in [3.8, 4) is 0 Å². The Labute approximate surface area is 96.1 Å². The molecule has 0 aromatic rings. The summed E-state index contributed by atoms with van der Waals surface area (Å²) in [4.78, 5) is 11.3. The molecule has 1 aliphatic rings. The quantitative estimate of drug-likeness (QED) is 0.608. The molecule has 0 aromatic heterocycles. The number of hydrogen-bond donors (Lipinski definition) is 1. The van der Waals surface area contributed by atoms with Crippen LogP contribution in [-0.2, 0) is 13.9 Å². The van der Waals surface area contributed by atoms with E-state index in [1.165, 1.54) is 0 Å². The Morgan fingerprint density at radius 3 is 2.69 bits per heavy atom. The van der Waals surface area contributed by atoms with E-state index in [-0.39, 0.29) is 6.61 Å². The summed E-state index contributed by atoms with van der Waals surface area (Å²) in [5.41, 5.74) is 7.58. The molecule has 1 rings (SSSR count). The lowest BCUT2D eigenvalue weighted by Gasteiger charge is -2.33. The van der Waals surface area contributed by atoms with Crippen molar-refractivity contribution in [3.63, 3.8) is 0 Å². The third kappa shape index (κ3) is 2.34. The number of rotatable bonds is 4. The lowest BCUT2D eigenvalue weighted by atomic mass is 9.92. The predicted molar refractivity (Wildman–Crippen MR) is 64.3 cm³/mol. The first-order chi connectivity index (χ1) is 7.37. The Kier molecular flexibility index (Phi) is 3.89. The SMILES string of the molecule is CCOP(N)(=O)C1(C=O)C=C(C)C=C(C)C1. The number of allylic oxidation sites excluding steroid dienone is 4. The van der Waals surface area contributed by atoms with Crippen LogP contribution in [0.2, 0.25) is 0 Å². The molecule has 0 saturated heterocycles. The maximum Gasteiger partial charge on any atom is 0.284 e. The van der Waals surface area contributed by atoms with E-state index in [9.17, 15) is 9.36 Å². The minimum atomic E-state index is -3.46. The summed E-state index contributed by atoms with van der Waals surface area (Å²) in [6, 6.07) is 0. The third-order valence-corrected chi connectivity index (χ3v) is 4.81. The zero-order valence-electron chi connectivity index (χ0n) is 9.90. The van der Waals surface area contributed by atoms with Crippen molar-refractivity contribution in [2.45, 2.75) is 32.3 Å². The van der Waals surface area contributed by atoms with E-state index >= 15 is 0 Å². The topological polar surface area (TPSA) is 69.4 Å². The van der Waals surface area contributed by atoms with Gasteiger partial charge in [0.15, 0.2) is 0 Å². The zero-order chi connectivity index (χ0) is 12.4. The Balaban J connectivity index is 3.20. The molecule has 2 unspecified atom stereocenters. The van der Waals surface area contributed by atoms with Gasteiger partial charge in [0.1, 0.15) is 11.4 Å². The molecule has 0 heterocycles. The molecular weight excluding hydrogens is 225 g/mol. The molecule has 16 heavy (non-hydrogen) atoms. The van der Waals surface area contributed by atoms with Gasteiger partial charge in [0.05, 0.1) is 6.61 Å². The van der Waals surface area contributed by atoms with Crippen LogP contribution in [-0.4, -0.2) is 18.0 Å². The lowest BCUT2D eigenvalue weighted by molar-refractivity contribution is -0.109. The smallest absolute Gasteiger partial charge is 0.284 e. The maximum absolute atomic E-state index is 12.3. The normalized spacial score (nSPS) is 29.0. The summed E-state index contributed by atoms with van der Waals surface area (Å²) >= 11 is 0. The van der Waals surface area contributed by atoms with Crippen LogP contribution >= 0.6 is 7.52 Å². The Morgan fingerprint density at radius 1 is 1.62 bits per heavy atom. The minimum absolute atomic E-state index is 0.235. The van der Waals surface area contributed by atoms with E-state index in [0.717, 1.165) is 11.1 Å². The lowest BCUT2D eigenvalue weighted by Crippen LogP contribution is -2.35. The van der Waals surface area contributed by atoms with Crippen LogP contribution in [0.1, 0.15) is 27.2 Å². The van der Waals surface area contributed by atoms with E-state index in [4.69, 9.17) is 10.0 Å². The van der Waals surface area contributed by atoms with Crippen LogP contribution in [0.5, 0.6) is 0 Å². The average molecular weight is 243 g/mol. The summed E-state index contributed by atoms with van der Waals surface area (Å²) in [6.45, 7) is 5.69. The second-order valence-electron chi connectivity index (χ2n) is 4.18. The minimum Gasteiger partial charge on any atom is -0.317 e. The molecule has 0 spiro atoms. The van der Waals surface area contributed by atoms with Gasteiger partial charge < -0.3 is 9.32 Å². The van der Waals surface area contributed by atoms with Crippen molar-refractivity contribution < 1.29 is 13.9 Å². The number of aldehydes is 1. The molecule has 0 aromatic carbocycles. The molecule has 1 aliphatic carbocycles. The van der Waals surface area contributed by atoms with Crippen molar-refractivity contribution in [3.05, 3.63) is 23.3 Å². The summed E-state index contributed by atoms with van der Waals surface area (Å²) in [5, 5.41) is -1.19. The van der Waals surface area contributed by atoms with Crippen LogP contribution < -0.4 is 5.50 Å². The molecule has 0 radical (unpaired) electrons. The van der Waals surface area contributed by atoms with Gasteiger partial charge in [0.2, 0.25) is 0 Å². The van der Waals surface area contributed by atoms with Crippen LogP contribution in [0.4, 0.5) is 0 Å². The molecule has 0 amide bonds. The summed E-state index contributed by atoms with van der Waals surface area (Å²) in [5.74, 6) is 0. The fraction of sp³-hybridized carbons (Fsp3) is 0.545. The molecule has 4 nitrogen and oxygen atoms in total. The van der Waals surface area contributed by atoms with Crippen LogP contribution in [0, 0.1) is 0 Å². The summed E-state index contributed by atoms with van der Waals surface area (Å²) < 4.78 is 17.4. The predicted octanol–water partition coefficient (Wildman–Crippen LogP) is 2.41. The van der Waals surface area contributed by atoms with Gasteiger partial charge in [-0.15, -0.1) is 0 Å². The van der Waals surface area contributed by atoms with E-state index in [1.54, 1.807) is 13.0 Å². The maximum atomic E-state index is 12.3. The van der Waals surface area contributed by atoms with E-state index in [2.05, 4.69) is 0 Å². The Bertz CT molecular complexity index is 400. The van der Waals surface area contributed by atoms with Gasteiger partial charge in [-0.3, -0.25) is 10.1 Å². The van der Waals surface area contributed by atoms with Crippen molar-refractivity contribution >= 4 is 13.8 Å². The van der Waals surface area contributed by atoms with Crippen LogP contribution in [0.15, 0.2) is 23.3 Å². The number of hydrogen-bond acceptors (Lipinski definition) is 3. The second kappa shape index (κ2) is 4.66. The number of carbonyl (C=O) groups is 1. The molecule has 0 saturated carbocycles. The standard InChI is InChI=1S/C11H18NO3P/c1-4-15-16(12,14)11(8-13)6-9(2)5-10(3)7-11/h5-6,8H,4,7H2,1-3H3,(H2,12,14). The Morgan fingerprint density at radius 2 is 2.25 bits per heavy atom. The monoisotopic (exact) mass is 243 g/mol. The van der Waals surface area contributed by atoms with Gasteiger partial charge in [0, 0.05) is 0 Å². The van der Waals surface area contributed by atoms with Crippen LogP contribution in [0.25, 0.3) is 0 Å².